The molecule has 3 aliphatic rings. The number of halogens is 5. The number of amides is 12. The highest BCUT2D eigenvalue weighted by Gasteiger charge is 2.51. The van der Waals surface area contributed by atoms with E-state index in [1.807, 2.05) is 52.8 Å². The summed E-state index contributed by atoms with van der Waals surface area (Å²) >= 11 is 8.30. The molecule has 0 radical (unpaired) electrons. The van der Waals surface area contributed by atoms with E-state index in [1.54, 1.807) is 44.2 Å². The summed E-state index contributed by atoms with van der Waals surface area (Å²) in [7, 11) is 12.6. The van der Waals surface area contributed by atoms with Crippen LogP contribution < -0.4 is 16.0 Å². The van der Waals surface area contributed by atoms with Gasteiger partial charge in [0.05, 0.1) is 23.6 Å². The first-order valence-corrected chi connectivity index (χ1v) is 37.5. The minimum Gasteiger partial charge on any atom is -0.347 e. The molecule has 0 aromatic heterocycles. The van der Waals surface area contributed by atoms with Gasteiger partial charge in [-0.3, -0.25) is 57.5 Å². The summed E-state index contributed by atoms with van der Waals surface area (Å²) in [6, 6.07) is 5.56. The Morgan fingerprint density at radius 1 is 0.667 bits per heavy atom. The molecule has 6 rings (SSSR count). The van der Waals surface area contributed by atoms with Gasteiger partial charge in [0, 0.05) is 86.4 Å². The lowest BCUT2D eigenvalue weighted by Gasteiger charge is -2.45. The summed E-state index contributed by atoms with van der Waals surface area (Å²) in [4.78, 5) is 192. The summed E-state index contributed by atoms with van der Waals surface area (Å²) in [5.41, 5.74) is -0.401. The molecule has 1 unspecified atom stereocenters. The maximum absolute atomic E-state index is 15.7. The largest absolute Gasteiger partial charge is 0.417 e. The zero-order valence-electron chi connectivity index (χ0n) is 63.7. The van der Waals surface area contributed by atoms with Gasteiger partial charge < -0.3 is 60.0 Å². The van der Waals surface area contributed by atoms with Crippen LogP contribution in [0.5, 0.6) is 0 Å². The second-order valence-corrected chi connectivity index (χ2v) is 31.2. The van der Waals surface area contributed by atoms with Crippen LogP contribution in [0.25, 0.3) is 0 Å². The summed E-state index contributed by atoms with van der Waals surface area (Å²) in [6.07, 6.45) is -3.99. The maximum atomic E-state index is 15.7. The summed E-state index contributed by atoms with van der Waals surface area (Å²) in [6.45, 7) is 13.6. The van der Waals surface area contributed by atoms with Crippen LogP contribution in [-0.2, 0) is 83.0 Å². The van der Waals surface area contributed by atoms with Crippen molar-refractivity contribution in [3.05, 3.63) is 103 Å². The van der Waals surface area contributed by atoms with Crippen LogP contribution in [0.15, 0.2) is 66.7 Å². The van der Waals surface area contributed by atoms with Crippen molar-refractivity contribution in [2.24, 2.45) is 17.8 Å². The minimum absolute atomic E-state index is 0.0639. The predicted molar refractivity (Wildman–Crippen MR) is 400 cm³/mol. The van der Waals surface area contributed by atoms with Crippen LogP contribution in [0.4, 0.5) is 13.2 Å². The van der Waals surface area contributed by atoms with Crippen LogP contribution in [0, 0.1) is 28.2 Å². The number of hydrogen-bond acceptors (Lipinski definition) is 12. The van der Waals surface area contributed by atoms with Crippen LogP contribution in [0.1, 0.15) is 140 Å². The van der Waals surface area contributed by atoms with Gasteiger partial charge in [0.15, 0.2) is 0 Å². The van der Waals surface area contributed by atoms with Crippen molar-refractivity contribution in [1.29, 1.82) is 0 Å². The molecule has 3 aromatic carbocycles. The Morgan fingerprint density at radius 3 is 1.82 bits per heavy atom. The number of carbonyl (C=O) groups excluding carboxylic acids is 12. The normalized spacial score (nSPS) is 24.8. The number of carbonyl (C=O) groups is 12. The quantitative estimate of drug-likeness (QED) is 0.141. The van der Waals surface area contributed by atoms with E-state index in [1.165, 1.54) is 106 Å². The molecule has 578 valence electrons. The number of aryl methyl sites for hydroxylation is 2. The van der Waals surface area contributed by atoms with Crippen LogP contribution in [-0.4, -0.2) is 251 Å². The van der Waals surface area contributed by atoms with E-state index in [0.29, 0.717) is 36.8 Å². The highest BCUT2D eigenvalue weighted by molar-refractivity contribution is 14.1. The van der Waals surface area contributed by atoms with Crippen LogP contribution >= 0.6 is 34.2 Å². The lowest BCUT2D eigenvalue weighted by Crippen LogP contribution is -2.65. The van der Waals surface area contributed by atoms with Gasteiger partial charge in [-0.25, -0.2) is 0 Å². The van der Waals surface area contributed by atoms with Gasteiger partial charge >= 0.3 is 6.18 Å². The fourth-order valence-corrected chi connectivity index (χ4v) is 14.9. The predicted octanol–water partition coefficient (Wildman–Crippen LogP) is 6.76. The van der Waals surface area contributed by atoms with Crippen LogP contribution in [0.3, 0.4) is 0 Å². The lowest BCUT2D eigenvalue weighted by atomic mass is 9.90. The Hall–Kier alpha value is -7.89. The molecular weight excluding hydrogens is 1490 g/mol. The lowest BCUT2D eigenvalue weighted by molar-refractivity contribution is -0.160. The third-order valence-corrected chi connectivity index (χ3v) is 22.3. The monoisotopic (exact) mass is 1600 g/mol. The van der Waals surface area contributed by atoms with Crippen LogP contribution in [0.2, 0.25) is 5.02 Å². The molecule has 29 heteroatoms. The number of nitrogens with one attached hydrogen (secondary N) is 3. The number of nitrogens with zero attached hydrogens (tertiary/aromatic N) is 9. The first kappa shape index (κ1) is 86.0. The Balaban J connectivity index is 1.51. The van der Waals surface area contributed by atoms with Gasteiger partial charge in [-0.15, -0.1) is 0 Å². The summed E-state index contributed by atoms with van der Waals surface area (Å²) < 4.78 is 42.8. The van der Waals surface area contributed by atoms with Gasteiger partial charge in [0.2, 0.25) is 70.9 Å². The molecule has 1 aliphatic carbocycles. The van der Waals surface area contributed by atoms with E-state index in [-0.39, 0.29) is 69.4 Å². The Morgan fingerprint density at radius 2 is 1.27 bits per heavy atom. The second-order valence-electron chi connectivity index (χ2n) is 29.5. The van der Waals surface area contributed by atoms with Crippen molar-refractivity contribution in [3.8, 4) is 0 Å². The topological polar surface area (TPSA) is 270 Å². The van der Waals surface area contributed by atoms with E-state index in [2.05, 4.69) is 38.5 Å². The molecule has 12 amide bonds. The smallest absolute Gasteiger partial charge is 0.347 e. The maximum Gasteiger partial charge on any atom is 0.417 e. The number of fused-ring (bicyclic) bond motifs is 1. The Labute approximate surface area is 634 Å². The van der Waals surface area contributed by atoms with Gasteiger partial charge in [-0.05, 0) is 134 Å². The van der Waals surface area contributed by atoms with E-state index in [0.717, 1.165) is 36.0 Å². The molecule has 2 saturated heterocycles. The van der Waals surface area contributed by atoms with E-state index >= 15 is 24.0 Å². The summed E-state index contributed by atoms with van der Waals surface area (Å²) in [5, 5.41) is 8.10. The third-order valence-electron chi connectivity index (χ3n) is 21.4. The van der Waals surface area contributed by atoms with Crippen molar-refractivity contribution in [1.82, 2.24) is 60.0 Å². The van der Waals surface area contributed by atoms with Gasteiger partial charge in [0.25, 0.3) is 0 Å². The third kappa shape index (κ3) is 21.0. The average molecular weight is 1600 g/mol. The molecule has 3 aromatic rings. The first-order chi connectivity index (χ1) is 49.1. The molecule has 2 heterocycles. The Bertz CT molecular complexity index is 3670. The number of rotatable bonds is 14. The van der Waals surface area contributed by atoms with Crippen molar-refractivity contribution < 1.29 is 70.7 Å². The number of benzene rings is 3. The second kappa shape index (κ2) is 37.1. The molecule has 105 heavy (non-hydrogen) atoms. The highest BCUT2D eigenvalue weighted by atomic mass is 127. The molecule has 3 fully saturated rings. The van der Waals surface area contributed by atoms with Gasteiger partial charge in [0.1, 0.15) is 59.9 Å². The van der Waals surface area contributed by atoms with E-state index < -0.39 is 172 Å². The number of alkyl halides is 3. The molecule has 3 N–H and O–H groups in total. The van der Waals surface area contributed by atoms with Crippen molar-refractivity contribution in [2.45, 2.75) is 205 Å². The molecule has 11 atom stereocenters. The van der Waals surface area contributed by atoms with Gasteiger partial charge in [-0.1, -0.05) is 127 Å². The van der Waals surface area contributed by atoms with Gasteiger partial charge in [-0.2, -0.15) is 13.2 Å². The Kier molecular flexibility index (Phi) is 30.4. The van der Waals surface area contributed by atoms with E-state index in [9.17, 15) is 46.7 Å². The average Bonchev–Trinajstić information content (AvgIpc) is 1.75. The molecule has 1 spiro atoms. The molecule has 2 aliphatic heterocycles. The number of hydrogen-bond donors (Lipinski definition) is 3. The molecule has 24 nitrogen and oxygen atoms in total. The zero-order valence-corrected chi connectivity index (χ0v) is 66.6. The van der Waals surface area contributed by atoms with Crippen molar-refractivity contribution >= 4 is 105 Å². The standard InChI is InChI=1S/C76H107ClF3IN12O12/c1-18-46(6)63-72(103)87(12)48(8)67(98)93-36-33-56(93)71(102)90(15)59(40-50-27-25-45(5)26-28-50)70(101)86(11)43-61(94)82-55(32-30-49-29-31-53(54(77)39-49)76(78,79)80)68(99)89(14)58(41-51-23-22-24-52(81)38-51)66(97)84-75(34-20-21-35-75)74(105)92(17)64(47(7)19-2)73(104)91(16)60(69(100)85(9)10)42-62(95)88(13)57(37-44(3)4)65(96)83-63/h22-29,31,38-39,44,46-48,55-60,63-64H,18-21,30,32-37,40-43H2,1-17H3,(H,82,94)(H,83,96)(H,84,97)/t46-,47-,48-,55-,56?,57-,58-,59-,60-,63-,64-/m0/s1. The first-order valence-electron chi connectivity index (χ1n) is 36.0. The summed E-state index contributed by atoms with van der Waals surface area (Å²) in [5.74, 6) is -9.90. The van der Waals surface area contributed by atoms with E-state index in [4.69, 9.17) is 11.6 Å². The van der Waals surface area contributed by atoms with Crippen molar-refractivity contribution in [2.75, 3.05) is 76.5 Å². The van der Waals surface area contributed by atoms with Crippen molar-refractivity contribution in [3.63, 3.8) is 0 Å². The highest BCUT2D eigenvalue weighted by Crippen LogP contribution is 2.37. The molecular formula is C76H107ClF3IN12O12. The SMILES string of the molecule is CC[C@H](C)[C@@H]1NC(=O)[C@H](CC(C)C)N(C)C(=O)C[C@@H](C(=O)N(C)C)N(C)C(=O)[C@H]([C@@H](C)CC)N(C)C(=O)C2(CCCC2)NC(=O)[C@H](Cc2cccc(I)c2)N(C)C(=O)[C@H](CCc2ccc(C(F)(F)F)c(Cl)c2)NC(=O)CN(C)C(=O)[C@H](Cc2ccc(C)cc2)N(C)C(=O)C2CCN2C(=O)[C@H](C)N(C)C1=O. The fraction of sp³-hybridized carbons (Fsp3) is 0.605. The molecule has 1 saturated carbocycles. The molecule has 0 bridgehead atoms. The fourth-order valence-electron chi connectivity index (χ4n) is 14.0. The zero-order chi connectivity index (χ0) is 78.6. The minimum atomic E-state index is -4.79. The number of likely N-dealkylation sites (N-methyl/N-ethyl adjacent to an activating group) is 8.